The Morgan fingerprint density at radius 2 is 2.11 bits per heavy atom. The van der Waals surface area contributed by atoms with Crippen LogP contribution in [0.25, 0.3) is 0 Å². The van der Waals surface area contributed by atoms with Crippen LogP contribution in [-0.2, 0) is 0 Å². The van der Waals surface area contributed by atoms with E-state index < -0.39 is 0 Å². The van der Waals surface area contributed by atoms with Crippen molar-refractivity contribution in [1.82, 2.24) is 5.32 Å². The molecule has 0 aliphatic heterocycles. The zero-order chi connectivity index (χ0) is 13.8. The van der Waals surface area contributed by atoms with Gasteiger partial charge in [-0.1, -0.05) is 30.7 Å². The molecule has 0 fully saturated rings. The van der Waals surface area contributed by atoms with Gasteiger partial charge in [0.2, 0.25) is 0 Å². The second-order valence-corrected chi connectivity index (χ2v) is 7.28. The summed E-state index contributed by atoms with van der Waals surface area (Å²) in [5.74, 6) is 0. The molecule has 2 aromatic rings. The quantitative estimate of drug-likeness (QED) is 0.737. The minimum absolute atomic E-state index is 0.209. The van der Waals surface area contributed by atoms with Crippen LogP contribution in [0.2, 0.25) is 5.02 Å². The highest BCUT2D eigenvalue weighted by Crippen LogP contribution is 2.31. The Kier molecular flexibility index (Phi) is 5.46. The van der Waals surface area contributed by atoms with Gasteiger partial charge in [-0.25, -0.2) is 0 Å². The first-order valence-corrected chi connectivity index (χ1v) is 8.40. The van der Waals surface area contributed by atoms with Crippen LogP contribution >= 0.6 is 38.9 Å². The zero-order valence-electron chi connectivity index (χ0n) is 11.0. The van der Waals surface area contributed by atoms with E-state index in [2.05, 4.69) is 57.8 Å². The van der Waals surface area contributed by atoms with E-state index in [1.165, 1.54) is 11.1 Å². The molecule has 1 unspecified atom stereocenters. The van der Waals surface area contributed by atoms with Gasteiger partial charge in [-0.2, -0.15) is 0 Å². The first-order valence-electron chi connectivity index (χ1n) is 6.35. The summed E-state index contributed by atoms with van der Waals surface area (Å²) in [6.45, 7) is 5.20. The molecule has 0 saturated carbocycles. The van der Waals surface area contributed by atoms with Gasteiger partial charge in [-0.05, 0) is 70.0 Å². The number of thiophene rings is 1. The van der Waals surface area contributed by atoms with Crippen molar-refractivity contribution in [3.63, 3.8) is 0 Å². The van der Waals surface area contributed by atoms with Gasteiger partial charge in [-0.3, -0.25) is 0 Å². The molecule has 102 valence electrons. The lowest BCUT2D eigenvalue weighted by atomic mass is 10.00. The van der Waals surface area contributed by atoms with Gasteiger partial charge in [0.15, 0.2) is 0 Å². The van der Waals surface area contributed by atoms with Gasteiger partial charge < -0.3 is 5.32 Å². The van der Waals surface area contributed by atoms with Crippen LogP contribution < -0.4 is 5.32 Å². The molecule has 0 radical (unpaired) electrons. The van der Waals surface area contributed by atoms with Crippen molar-refractivity contribution < 1.29 is 0 Å². The van der Waals surface area contributed by atoms with Crippen molar-refractivity contribution in [2.45, 2.75) is 26.3 Å². The van der Waals surface area contributed by atoms with E-state index in [4.69, 9.17) is 11.6 Å². The highest BCUT2D eigenvalue weighted by Gasteiger charge is 2.15. The lowest BCUT2D eigenvalue weighted by Gasteiger charge is -2.19. The van der Waals surface area contributed by atoms with Crippen molar-refractivity contribution in [3.8, 4) is 0 Å². The van der Waals surface area contributed by atoms with Crippen LogP contribution in [0.1, 0.15) is 36.1 Å². The van der Waals surface area contributed by atoms with Crippen LogP contribution in [0.15, 0.2) is 33.4 Å². The first-order chi connectivity index (χ1) is 9.11. The zero-order valence-corrected chi connectivity index (χ0v) is 14.2. The number of nitrogens with one attached hydrogen (secondary N) is 1. The van der Waals surface area contributed by atoms with E-state index in [-0.39, 0.29) is 6.04 Å². The topological polar surface area (TPSA) is 12.0 Å². The molecular weight excluding hydrogens is 342 g/mol. The summed E-state index contributed by atoms with van der Waals surface area (Å²) >= 11 is 11.5. The Labute approximate surface area is 132 Å². The van der Waals surface area contributed by atoms with Crippen LogP contribution in [0, 0.1) is 6.92 Å². The molecule has 0 saturated heterocycles. The molecule has 1 aromatic heterocycles. The van der Waals surface area contributed by atoms with Crippen LogP contribution in [-0.4, -0.2) is 6.54 Å². The Morgan fingerprint density at radius 3 is 2.68 bits per heavy atom. The number of aryl methyl sites for hydroxylation is 1. The summed E-state index contributed by atoms with van der Waals surface area (Å²) in [5, 5.41) is 6.60. The van der Waals surface area contributed by atoms with E-state index in [1.54, 1.807) is 11.3 Å². The maximum atomic E-state index is 6.25. The molecule has 0 amide bonds. The average molecular weight is 359 g/mol. The number of halogens is 2. The van der Waals surface area contributed by atoms with Crippen LogP contribution in [0.3, 0.4) is 0 Å². The van der Waals surface area contributed by atoms with Crippen molar-refractivity contribution in [3.05, 3.63) is 55.1 Å². The first kappa shape index (κ1) is 15.0. The normalized spacial score (nSPS) is 12.6. The number of hydrogen-bond donors (Lipinski definition) is 1. The standard InChI is InChI=1S/C15H17BrClNS/c1-3-6-18-15(12-8-14(16)19-9-12)11-5-4-10(2)13(17)7-11/h4-5,7-9,15,18H,3,6H2,1-2H3. The smallest absolute Gasteiger partial charge is 0.0701 e. The molecule has 1 aromatic carbocycles. The molecule has 2 rings (SSSR count). The second kappa shape index (κ2) is 6.89. The Bertz CT molecular complexity index is 553. The SMILES string of the molecule is CCCNC(c1csc(Br)c1)c1ccc(C)c(Cl)c1. The highest BCUT2D eigenvalue weighted by atomic mass is 79.9. The fraction of sp³-hybridized carbons (Fsp3) is 0.333. The lowest BCUT2D eigenvalue weighted by molar-refractivity contribution is 0.600. The third-order valence-electron chi connectivity index (χ3n) is 3.05. The van der Waals surface area contributed by atoms with Crippen molar-refractivity contribution in [2.24, 2.45) is 0 Å². The summed E-state index contributed by atoms with van der Waals surface area (Å²) in [5.41, 5.74) is 3.62. The molecule has 4 heteroatoms. The largest absolute Gasteiger partial charge is 0.306 e. The summed E-state index contributed by atoms with van der Waals surface area (Å²) in [6, 6.07) is 8.68. The average Bonchev–Trinajstić information content (AvgIpc) is 2.80. The van der Waals surface area contributed by atoms with E-state index in [0.717, 1.165) is 27.3 Å². The van der Waals surface area contributed by atoms with Gasteiger partial charge in [0.25, 0.3) is 0 Å². The molecule has 0 aliphatic carbocycles. The Hall–Kier alpha value is -0.350. The molecule has 1 N–H and O–H groups in total. The predicted octanol–water partition coefficient (Wildman–Crippen LogP) is 5.56. The van der Waals surface area contributed by atoms with Gasteiger partial charge in [0, 0.05) is 5.02 Å². The third-order valence-corrected chi connectivity index (χ3v) is 4.98. The minimum Gasteiger partial charge on any atom is -0.306 e. The van der Waals surface area contributed by atoms with Gasteiger partial charge in [-0.15, -0.1) is 11.3 Å². The number of rotatable bonds is 5. The highest BCUT2D eigenvalue weighted by molar-refractivity contribution is 9.11. The molecule has 19 heavy (non-hydrogen) atoms. The summed E-state index contributed by atoms with van der Waals surface area (Å²) in [4.78, 5) is 0. The van der Waals surface area contributed by atoms with E-state index in [9.17, 15) is 0 Å². The monoisotopic (exact) mass is 357 g/mol. The molecular formula is C15H17BrClNS. The maximum absolute atomic E-state index is 6.25. The summed E-state index contributed by atoms with van der Waals surface area (Å²) in [6.07, 6.45) is 1.11. The Morgan fingerprint density at radius 1 is 1.32 bits per heavy atom. The van der Waals surface area contributed by atoms with Gasteiger partial charge in [0.1, 0.15) is 0 Å². The van der Waals surface area contributed by atoms with Crippen molar-refractivity contribution >= 4 is 38.9 Å². The molecule has 1 heterocycles. The fourth-order valence-corrected chi connectivity index (χ4v) is 3.37. The summed E-state index contributed by atoms with van der Waals surface area (Å²) < 4.78 is 1.16. The number of hydrogen-bond acceptors (Lipinski definition) is 2. The Balaban J connectivity index is 2.33. The minimum atomic E-state index is 0.209. The molecule has 0 bridgehead atoms. The number of benzene rings is 1. The fourth-order valence-electron chi connectivity index (χ4n) is 1.98. The van der Waals surface area contributed by atoms with Crippen molar-refractivity contribution in [1.29, 1.82) is 0 Å². The third kappa shape index (κ3) is 3.82. The van der Waals surface area contributed by atoms with E-state index in [0.29, 0.717) is 0 Å². The molecule has 1 atom stereocenters. The van der Waals surface area contributed by atoms with Crippen molar-refractivity contribution in [2.75, 3.05) is 6.54 Å². The molecule has 1 nitrogen and oxygen atoms in total. The predicted molar refractivity (Wildman–Crippen MR) is 88.3 cm³/mol. The van der Waals surface area contributed by atoms with Crippen LogP contribution in [0.4, 0.5) is 0 Å². The van der Waals surface area contributed by atoms with Gasteiger partial charge >= 0.3 is 0 Å². The summed E-state index contributed by atoms with van der Waals surface area (Å²) in [7, 11) is 0. The second-order valence-electron chi connectivity index (χ2n) is 4.58. The van der Waals surface area contributed by atoms with Gasteiger partial charge in [0.05, 0.1) is 9.83 Å². The van der Waals surface area contributed by atoms with Crippen LogP contribution in [0.5, 0.6) is 0 Å². The maximum Gasteiger partial charge on any atom is 0.0701 e. The molecule has 0 aliphatic rings. The van der Waals surface area contributed by atoms with E-state index >= 15 is 0 Å². The lowest BCUT2D eigenvalue weighted by Crippen LogP contribution is -2.22. The van der Waals surface area contributed by atoms with E-state index in [1.807, 2.05) is 6.92 Å². The molecule has 0 spiro atoms.